The van der Waals surface area contributed by atoms with Gasteiger partial charge in [-0.05, 0) is 136 Å². The third-order valence-corrected chi connectivity index (χ3v) is 14.5. The van der Waals surface area contributed by atoms with Gasteiger partial charge in [-0.15, -0.1) is 0 Å². The zero-order chi connectivity index (χ0) is 34.8. The minimum Gasteiger partial charge on any atom is -0.308 e. The molecule has 3 nitrogen and oxygen atoms in total. The van der Waals surface area contributed by atoms with Crippen molar-refractivity contribution in [2.45, 2.75) is 64.2 Å². The van der Waals surface area contributed by atoms with Crippen LogP contribution in [-0.2, 0) is 12.8 Å². The van der Waals surface area contributed by atoms with Crippen LogP contribution in [0.5, 0.6) is 0 Å². The summed E-state index contributed by atoms with van der Waals surface area (Å²) in [4.78, 5) is 28.3. The van der Waals surface area contributed by atoms with E-state index in [1.54, 1.807) is 0 Å². The molecular weight excluding hydrogens is 647 g/mol. The number of aromatic nitrogens is 1. The van der Waals surface area contributed by atoms with E-state index in [0.29, 0.717) is 11.6 Å². The van der Waals surface area contributed by atoms with Gasteiger partial charge in [0, 0.05) is 43.5 Å². The first-order chi connectivity index (χ1) is 26.0. The van der Waals surface area contributed by atoms with Crippen LogP contribution in [0, 0.1) is 10.8 Å². The molecule has 13 rings (SSSR count). The zero-order valence-corrected chi connectivity index (χ0v) is 29.6. The predicted molar refractivity (Wildman–Crippen MR) is 217 cm³/mol. The molecule has 2 heterocycles. The highest BCUT2D eigenvalue weighted by Crippen LogP contribution is 2.53. The summed E-state index contributed by atoms with van der Waals surface area (Å²) in [5.41, 5.74) is 9.64. The monoisotopic (exact) mass is 683 g/mol. The number of hydrogen-bond donors (Lipinski definition) is 0. The molecule has 4 aliphatic rings. The Hall–Kier alpha value is -5.54. The summed E-state index contributed by atoms with van der Waals surface area (Å²) in [5.74, 6) is 0.708. The number of hydrogen-bond acceptors (Lipinski definition) is 2. The van der Waals surface area contributed by atoms with Gasteiger partial charge in [0.05, 0.1) is 16.6 Å². The minimum atomic E-state index is -0.211. The van der Waals surface area contributed by atoms with Gasteiger partial charge in [0.2, 0.25) is 0 Å². The van der Waals surface area contributed by atoms with E-state index in [0.717, 1.165) is 86.4 Å². The Kier molecular flexibility index (Phi) is 5.31. The lowest BCUT2D eigenvalue weighted by Gasteiger charge is -2.19. The summed E-state index contributed by atoms with van der Waals surface area (Å²) in [6, 6.07) is 38.6. The van der Waals surface area contributed by atoms with Gasteiger partial charge in [0.25, 0.3) is 0 Å². The highest BCUT2D eigenvalue weighted by Gasteiger charge is 2.48. The lowest BCUT2D eigenvalue weighted by atomic mass is 9.82. The van der Waals surface area contributed by atoms with E-state index in [-0.39, 0.29) is 10.8 Å². The van der Waals surface area contributed by atoms with E-state index >= 15 is 0 Å². The first-order valence-electron chi connectivity index (χ1n) is 19.8. The average Bonchev–Trinajstić information content (AvgIpc) is 4.06. The van der Waals surface area contributed by atoms with Crippen LogP contribution >= 0.6 is 0 Å². The van der Waals surface area contributed by atoms with Crippen LogP contribution in [0.2, 0.25) is 0 Å². The van der Waals surface area contributed by atoms with Crippen LogP contribution in [0.15, 0.2) is 103 Å². The van der Waals surface area contributed by atoms with Crippen LogP contribution in [0.1, 0.15) is 83.2 Å². The topological polar surface area (TPSA) is 38.5 Å². The summed E-state index contributed by atoms with van der Waals surface area (Å²) in [6.45, 7) is 0. The molecule has 2 saturated carbocycles. The van der Waals surface area contributed by atoms with Gasteiger partial charge in [-0.1, -0.05) is 86.3 Å². The average molecular weight is 684 g/mol. The number of carbonyl (C=O) groups is 2. The maximum atomic E-state index is 14.1. The van der Waals surface area contributed by atoms with Crippen molar-refractivity contribution < 1.29 is 9.59 Å². The number of ketones is 2. The van der Waals surface area contributed by atoms with Gasteiger partial charge in [-0.25, -0.2) is 0 Å². The van der Waals surface area contributed by atoms with E-state index in [9.17, 15) is 9.59 Å². The van der Waals surface area contributed by atoms with Gasteiger partial charge in [-0.3, -0.25) is 9.59 Å². The van der Waals surface area contributed by atoms with E-state index in [4.69, 9.17) is 0 Å². The molecule has 0 radical (unpaired) electrons. The van der Waals surface area contributed by atoms with Crippen molar-refractivity contribution in [2.75, 3.05) is 0 Å². The number of Topliss-reactive ketones (excluding diaryl/α,β-unsaturated/α-hetero) is 2. The fourth-order valence-corrected chi connectivity index (χ4v) is 12.1. The molecule has 53 heavy (non-hydrogen) atoms. The zero-order valence-electron chi connectivity index (χ0n) is 29.6. The molecule has 7 aromatic carbocycles. The first kappa shape index (κ1) is 29.0. The van der Waals surface area contributed by atoms with Gasteiger partial charge in [-0.2, -0.15) is 0 Å². The van der Waals surface area contributed by atoms with Crippen LogP contribution in [0.4, 0.5) is 0 Å². The lowest BCUT2D eigenvalue weighted by Crippen LogP contribution is -2.23. The number of rotatable bonds is 1. The van der Waals surface area contributed by atoms with Crippen molar-refractivity contribution in [1.29, 1.82) is 0 Å². The second-order valence-electron chi connectivity index (χ2n) is 17.1. The molecule has 0 atom stereocenters. The first-order valence-corrected chi connectivity index (χ1v) is 19.8. The fourth-order valence-electron chi connectivity index (χ4n) is 12.1. The molecule has 2 fully saturated rings. The van der Waals surface area contributed by atoms with Crippen molar-refractivity contribution in [3.05, 3.63) is 125 Å². The summed E-state index contributed by atoms with van der Waals surface area (Å²) < 4.78 is 2.40. The van der Waals surface area contributed by atoms with Crippen molar-refractivity contribution in [1.82, 2.24) is 4.40 Å². The standard InChI is InChI=1S/C50H37NO2/c52-47-37-24-44-40(22-30(37)26-49(47)15-5-6-16-49)42-20-29(28-13-14-36-34-11-2-1-9-32(34)33-10-3-4-12-35(33)39(36)19-28)21-43-41-23-31-27-50(17-7-8-18-50)48(53)38(31)25-45(41)51(44)46(42)43/h1-4,9-14,19-25H,5-8,15-18,26-27H2. The SMILES string of the molecule is O=C1c2cc3c(cc2CC12CCCC2)c1cc(-c2ccc4c5ccccc5c5ccccc5c4c2)cc2c4cc5c(cc4n3c12)C(=O)C1(CCCC1)C5. The minimum absolute atomic E-state index is 0.211. The molecule has 2 aromatic heterocycles. The van der Waals surface area contributed by atoms with Crippen molar-refractivity contribution >= 4 is 82.0 Å². The van der Waals surface area contributed by atoms with E-state index < -0.39 is 0 Å². The molecule has 3 heteroatoms. The van der Waals surface area contributed by atoms with Gasteiger partial charge < -0.3 is 4.40 Å². The molecule has 0 unspecified atom stereocenters. The van der Waals surface area contributed by atoms with E-state index in [1.165, 1.54) is 81.6 Å². The largest absolute Gasteiger partial charge is 0.308 e. The summed E-state index contributed by atoms with van der Waals surface area (Å²) in [6.07, 6.45) is 10.3. The Bertz CT molecular complexity index is 3000. The maximum Gasteiger partial charge on any atom is 0.169 e. The Morgan fingerprint density at radius 1 is 0.415 bits per heavy atom. The summed E-state index contributed by atoms with van der Waals surface area (Å²) in [5, 5.41) is 12.6. The molecule has 254 valence electrons. The number of benzene rings is 7. The Labute approximate surface area is 306 Å². The molecule has 4 aliphatic carbocycles. The van der Waals surface area contributed by atoms with Crippen molar-refractivity contribution in [3.63, 3.8) is 0 Å². The molecule has 2 spiro atoms. The summed E-state index contributed by atoms with van der Waals surface area (Å²) in [7, 11) is 0. The second-order valence-corrected chi connectivity index (χ2v) is 17.1. The maximum absolute atomic E-state index is 14.1. The van der Waals surface area contributed by atoms with Gasteiger partial charge in [0.1, 0.15) is 0 Å². The molecule has 0 amide bonds. The van der Waals surface area contributed by atoms with Crippen LogP contribution in [0.25, 0.3) is 81.5 Å². The van der Waals surface area contributed by atoms with Crippen LogP contribution in [0.3, 0.4) is 0 Å². The molecule has 0 bridgehead atoms. The number of fused-ring (bicyclic) bond motifs is 14. The molecule has 0 saturated heterocycles. The normalized spacial score (nSPS) is 18.9. The Morgan fingerprint density at radius 3 is 1.34 bits per heavy atom. The van der Waals surface area contributed by atoms with E-state index in [2.05, 4.69) is 108 Å². The predicted octanol–water partition coefficient (Wildman–Crippen LogP) is 12.6. The van der Waals surface area contributed by atoms with Crippen molar-refractivity contribution in [3.8, 4) is 11.1 Å². The Morgan fingerprint density at radius 2 is 0.849 bits per heavy atom. The van der Waals surface area contributed by atoms with E-state index in [1.807, 2.05) is 0 Å². The lowest BCUT2D eigenvalue weighted by molar-refractivity contribution is 0.0821. The van der Waals surface area contributed by atoms with Crippen molar-refractivity contribution in [2.24, 2.45) is 10.8 Å². The van der Waals surface area contributed by atoms with Crippen LogP contribution < -0.4 is 0 Å². The van der Waals surface area contributed by atoms with Crippen LogP contribution in [-0.4, -0.2) is 16.0 Å². The summed E-state index contributed by atoms with van der Waals surface area (Å²) >= 11 is 0. The highest BCUT2D eigenvalue weighted by molar-refractivity contribution is 6.28. The Balaban J connectivity index is 1.12. The highest BCUT2D eigenvalue weighted by atomic mass is 16.1. The molecule has 0 N–H and O–H groups in total. The quantitative estimate of drug-likeness (QED) is 0.162. The third-order valence-electron chi connectivity index (χ3n) is 14.5. The second kappa shape index (κ2) is 9.71. The molecular formula is C50H37NO2. The molecule has 9 aromatic rings. The van der Waals surface area contributed by atoms with Gasteiger partial charge >= 0.3 is 0 Å². The molecule has 0 aliphatic heterocycles. The fraction of sp³-hybridized carbons (Fsp3) is 0.240. The smallest absolute Gasteiger partial charge is 0.169 e. The number of nitrogens with zero attached hydrogens (tertiary/aromatic N) is 1. The van der Waals surface area contributed by atoms with Gasteiger partial charge in [0.15, 0.2) is 11.6 Å². The number of carbonyl (C=O) groups excluding carboxylic acids is 2. The third kappa shape index (κ3) is 3.52.